The SMILES string of the molecule is CC[SH](C)(=O)C(=N)N. The first-order chi connectivity index (χ1) is 3.50. The normalized spacial score (nSPS) is 13.2. The number of hydrogen-bond donors (Lipinski definition) is 3. The van der Waals surface area contributed by atoms with Crippen LogP contribution in [0, 0.1) is 5.41 Å². The van der Waals surface area contributed by atoms with Gasteiger partial charge in [0.05, 0.1) is 0 Å². The molecule has 0 radical (unpaired) electrons. The van der Waals surface area contributed by atoms with E-state index in [0.717, 1.165) is 0 Å². The summed E-state index contributed by atoms with van der Waals surface area (Å²) in [5, 5.41) is 6.65. The predicted molar refractivity (Wildman–Crippen MR) is 37.9 cm³/mol. The fourth-order valence-corrected chi connectivity index (χ4v) is 0.511. The molecular formula is C4H12N2OS. The fourth-order valence-electron chi connectivity index (χ4n) is 0.170. The molecule has 0 saturated heterocycles. The molecule has 0 aromatic rings. The number of hydrogen-bond acceptors (Lipinski definition) is 2. The molecule has 0 aliphatic heterocycles. The van der Waals surface area contributed by atoms with Crippen molar-refractivity contribution in [3.63, 3.8) is 0 Å². The lowest BCUT2D eigenvalue weighted by molar-refractivity contribution is 0.682. The van der Waals surface area contributed by atoms with Crippen molar-refractivity contribution in [1.82, 2.24) is 0 Å². The van der Waals surface area contributed by atoms with Gasteiger partial charge >= 0.3 is 0 Å². The summed E-state index contributed by atoms with van der Waals surface area (Å²) in [6.07, 6.45) is 1.52. The zero-order valence-electron chi connectivity index (χ0n) is 5.14. The summed E-state index contributed by atoms with van der Waals surface area (Å²) in [7, 11) is -2.38. The van der Waals surface area contributed by atoms with E-state index in [1.54, 1.807) is 6.92 Å². The molecule has 0 aromatic carbocycles. The minimum atomic E-state index is -2.38. The highest BCUT2D eigenvalue weighted by Crippen LogP contribution is 1.94. The molecule has 0 unspecified atom stereocenters. The average molecular weight is 136 g/mol. The lowest BCUT2D eigenvalue weighted by atomic mass is 11.0. The van der Waals surface area contributed by atoms with Crippen LogP contribution < -0.4 is 5.73 Å². The summed E-state index contributed by atoms with van der Waals surface area (Å²) < 4.78 is 10.9. The topological polar surface area (TPSA) is 66.9 Å². The van der Waals surface area contributed by atoms with Crippen LogP contribution in [-0.4, -0.2) is 21.4 Å². The van der Waals surface area contributed by atoms with E-state index in [-0.39, 0.29) is 5.17 Å². The standard InChI is InChI=1S/C4H12N2OS/c1-3-8(2,7)4(5)6/h8H,3H2,1-2H3,(H3,5,6). The fraction of sp³-hybridized carbons (Fsp3) is 0.750. The predicted octanol–water partition coefficient (Wildman–Crippen LogP) is -0.454. The van der Waals surface area contributed by atoms with E-state index in [1.807, 2.05) is 0 Å². The summed E-state index contributed by atoms with van der Waals surface area (Å²) in [6, 6.07) is 0. The van der Waals surface area contributed by atoms with Crippen molar-refractivity contribution in [2.45, 2.75) is 6.92 Å². The second-order valence-electron chi connectivity index (χ2n) is 1.80. The maximum atomic E-state index is 10.9. The molecule has 50 valence electrons. The number of rotatable bonds is 1. The molecule has 0 rings (SSSR count). The van der Waals surface area contributed by atoms with Gasteiger partial charge in [0, 0.05) is 5.75 Å². The zero-order valence-corrected chi connectivity index (χ0v) is 6.03. The highest BCUT2D eigenvalue weighted by atomic mass is 32.2. The molecular weight excluding hydrogens is 124 g/mol. The molecule has 0 spiro atoms. The molecule has 0 heterocycles. The van der Waals surface area contributed by atoms with E-state index in [2.05, 4.69) is 0 Å². The molecule has 8 heavy (non-hydrogen) atoms. The molecule has 0 atom stereocenters. The van der Waals surface area contributed by atoms with E-state index < -0.39 is 9.93 Å². The van der Waals surface area contributed by atoms with Crippen LogP contribution in [0.3, 0.4) is 0 Å². The van der Waals surface area contributed by atoms with Gasteiger partial charge in [0.2, 0.25) is 0 Å². The van der Waals surface area contributed by atoms with Crippen LogP contribution in [0.2, 0.25) is 0 Å². The van der Waals surface area contributed by atoms with E-state index in [1.165, 1.54) is 6.26 Å². The number of nitrogens with two attached hydrogens (primary N) is 1. The molecule has 3 nitrogen and oxygen atoms in total. The zero-order chi connectivity index (χ0) is 6.78. The maximum Gasteiger partial charge on any atom is 0.157 e. The summed E-state index contributed by atoms with van der Waals surface area (Å²) >= 11 is 0. The smallest absolute Gasteiger partial charge is 0.157 e. The van der Waals surface area contributed by atoms with Gasteiger partial charge in [-0.2, -0.15) is 0 Å². The quantitative estimate of drug-likeness (QED) is 0.259. The lowest BCUT2D eigenvalue weighted by Gasteiger charge is -2.11. The van der Waals surface area contributed by atoms with Crippen molar-refractivity contribution >= 4 is 15.1 Å². The van der Waals surface area contributed by atoms with E-state index in [0.29, 0.717) is 5.75 Å². The van der Waals surface area contributed by atoms with Crippen molar-refractivity contribution in [2.24, 2.45) is 5.73 Å². The number of amidine groups is 1. The second-order valence-corrected chi connectivity index (χ2v) is 5.12. The third-order valence-electron chi connectivity index (χ3n) is 1.11. The van der Waals surface area contributed by atoms with Crippen LogP contribution in [0.4, 0.5) is 0 Å². The average Bonchev–Trinajstić information content (AvgIpc) is 1.67. The minimum absolute atomic E-state index is 0.167. The summed E-state index contributed by atoms with van der Waals surface area (Å²) in [6.45, 7) is 1.77. The molecule has 0 bridgehead atoms. The molecule has 0 aliphatic carbocycles. The van der Waals surface area contributed by atoms with Gasteiger partial charge in [0.25, 0.3) is 0 Å². The summed E-state index contributed by atoms with van der Waals surface area (Å²) in [4.78, 5) is 0. The molecule has 0 saturated carbocycles. The Morgan fingerprint density at radius 3 is 2.25 bits per heavy atom. The van der Waals surface area contributed by atoms with Crippen LogP contribution in [0.1, 0.15) is 6.92 Å². The van der Waals surface area contributed by atoms with Crippen LogP contribution in [0.25, 0.3) is 0 Å². The first-order valence-corrected chi connectivity index (χ1v) is 4.75. The minimum Gasteiger partial charge on any atom is -0.378 e. The third-order valence-corrected chi connectivity index (χ3v) is 3.34. The van der Waals surface area contributed by atoms with Gasteiger partial charge < -0.3 is 5.73 Å². The van der Waals surface area contributed by atoms with Gasteiger partial charge in [-0.1, -0.05) is 16.9 Å². The van der Waals surface area contributed by atoms with Gasteiger partial charge in [0.15, 0.2) is 5.17 Å². The monoisotopic (exact) mass is 136 g/mol. The Kier molecular flexibility index (Phi) is 2.15. The highest BCUT2D eigenvalue weighted by molar-refractivity contribution is 8.15. The van der Waals surface area contributed by atoms with Crippen LogP contribution in [0.15, 0.2) is 0 Å². The Balaban J connectivity index is 4.15. The number of nitrogens with one attached hydrogen (secondary N) is 1. The Labute approximate surface area is 50.2 Å². The van der Waals surface area contributed by atoms with Crippen molar-refractivity contribution in [3.8, 4) is 0 Å². The Hall–Kier alpha value is -0.380. The highest BCUT2D eigenvalue weighted by Gasteiger charge is 2.06. The molecule has 0 aliphatic rings. The Morgan fingerprint density at radius 1 is 1.88 bits per heavy atom. The Bertz CT molecular complexity index is 143. The van der Waals surface area contributed by atoms with Crippen molar-refractivity contribution in [3.05, 3.63) is 0 Å². The molecule has 3 N–H and O–H groups in total. The molecule has 0 amide bonds. The summed E-state index contributed by atoms with van der Waals surface area (Å²) in [5.74, 6) is 0.488. The van der Waals surface area contributed by atoms with Crippen LogP contribution in [-0.2, 0) is 9.93 Å². The van der Waals surface area contributed by atoms with Crippen molar-refractivity contribution < 1.29 is 4.21 Å². The van der Waals surface area contributed by atoms with Gasteiger partial charge in [-0.05, 0) is 6.26 Å². The van der Waals surface area contributed by atoms with Gasteiger partial charge in [0.1, 0.15) is 0 Å². The van der Waals surface area contributed by atoms with E-state index in [4.69, 9.17) is 11.1 Å². The van der Waals surface area contributed by atoms with Crippen LogP contribution >= 0.6 is 0 Å². The summed E-state index contributed by atoms with van der Waals surface area (Å²) in [5.41, 5.74) is 5.00. The number of thiol groups is 1. The third kappa shape index (κ3) is 1.61. The molecule has 4 heteroatoms. The maximum absolute atomic E-state index is 10.9. The molecule has 0 fully saturated rings. The first-order valence-electron chi connectivity index (χ1n) is 2.42. The van der Waals surface area contributed by atoms with Gasteiger partial charge in [-0.3, -0.25) is 9.62 Å². The van der Waals surface area contributed by atoms with Crippen molar-refractivity contribution in [2.75, 3.05) is 12.0 Å². The lowest BCUT2D eigenvalue weighted by Crippen LogP contribution is -2.30. The largest absolute Gasteiger partial charge is 0.378 e. The first kappa shape index (κ1) is 7.62. The molecule has 0 aromatic heterocycles. The Morgan fingerprint density at radius 2 is 2.25 bits per heavy atom. The van der Waals surface area contributed by atoms with Gasteiger partial charge in [-0.15, -0.1) is 0 Å². The van der Waals surface area contributed by atoms with E-state index in [9.17, 15) is 4.21 Å². The second kappa shape index (κ2) is 2.26. The van der Waals surface area contributed by atoms with E-state index >= 15 is 0 Å². The van der Waals surface area contributed by atoms with Crippen molar-refractivity contribution in [1.29, 1.82) is 5.41 Å². The van der Waals surface area contributed by atoms with Gasteiger partial charge in [-0.25, -0.2) is 0 Å². The van der Waals surface area contributed by atoms with Crippen LogP contribution in [0.5, 0.6) is 0 Å².